The molecule has 1 aromatic rings. The van der Waals surface area contributed by atoms with Crippen LogP contribution in [0.4, 0.5) is 9.18 Å². The van der Waals surface area contributed by atoms with Gasteiger partial charge in [-0.15, -0.1) is 0 Å². The summed E-state index contributed by atoms with van der Waals surface area (Å²) in [6.45, 7) is 2.63. The lowest BCUT2D eigenvalue weighted by Gasteiger charge is -2.22. The number of halogens is 1. The Bertz CT molecular complexity index is 575. The van der Waals surface area contributed by atoms with Crippen molar-refractivity contribution >= 4 is 11.9 Å². The molecule has 1 fully saturated rings. The van der Waals surface area contributed by atoms with Crippen LogP contribution in [0.5, 0.6) is 0 Å². The number of benzene rings is 1. The van der Waals surface area contributed by atoms with Gasteiger partial charge in [-0.3, -0.25) is 4.79 Å². The molecular formula is C18H27FN4O2. The van der Waals surface area contributed by atoms with Gasteiger partial charge in [0.2, 0.25) is 5.91 Å². The summed E-state index contributed by atoms with van der Waals surface area (Å²) in [5.74, 6) is -0.0531. The average molecular weight is 350 g/mol. The second kappa shape index (κ2) is 9.36. The highest BCUT2D eigenvalue weighted by Gasteiger charge is 2.32. The molecule has 2 unspecified atom stereocenters. The van der Waals surface area contributed by atoms with Crippen LogP contribution in [0.2, 0.25) is 0 Å². The van der Waals surface area contributed by atoms with Gasteiger partial charge in [0.05, 0.1) is 0 Å². The number of nitrogens with one attached hydrogen (secondary N) is 3. The van der Waals surface area contributed by atoms with E-state index in [4.69, 9.17) is 5.73 Å². The molecule has 25 heavy (non-hydrogen) atoms. The van der Waals surface area contributed by atoms with Crippen LogP contribution in [0.15, 0.2) is 24.3 Å². The molecule has 1 aliphatic carbocycles. The van der Waals surface area contributed by atoms with E-state index in [1.807, 2.05) is 6.92 Å². The van der Waals surface area contributed by atoms with E-state index in [1.54, 1.807) is 12.1 Å². The molecule has 0 saturated heterocycles. The topological polar surface area (TPSA) is 96.2 Å². The number of carbonyl (C=O) groups excluding carboxylic acids is 2. The van der Waals surface area contributed by atoms with Crippen LogP contribution in [-0.4, -0.2) is 30.6 Å². The molecule has 1 aliphatic rings. The molecule has 0 heterocycles. The Balaban J connectivity index is 1.82. The van der Waals surface area contributed by atoms with Gasteiger partial charge in [0.1, 0.15) is 11.9 Å². The monoisotopic (exact) mass is 350 g/mol. The molecule has 1 aromatic carbocycles. The smallest absolute Gasteiger partial charge is 0.315 e. The van der Waals surface area contributed by atoms with E-state index < -0.39 is 12.1 Å². The molecule has 0 spiro atoms. The first kappa shape index (κ1) is 19.2. The molecule has 6 nitrogen and oxygen atoms in total. The van der Waals surface area contributed by atoms with Gasteiger partial charge in [0.15, 0.2) is 0 Å². The largest absolute Gasteiger partial charge is 0.350 e. The van der Waals surface area contributed by atoms with Gasteiger partial charge in [-0.25, -0.2) is 9.18 Å². The Labute approximate surface area is 147 Å². The highest BCUT2D eigenvalue weighted by molar-refractivity contribution is 5.87. The molecule has 0 aromatic heterocycles. The minimum atomic E-state index is -0.592. The lowest BCUT2D eigenvalue weighted by Crippen LogP contribution is -2.53. The zero-order chi connectivity index (χ0) is 18.2. The Morgan fingerprint density at radius 1 is 1.24 bits per heavy atom. The molecule has 0 aliphatic heterocycles. The van der Waals surface area contributed by atoms with Gasteiger partial charge in [0.25, 0.3) is 0 Å². The van der Waals surface area contributed by atoms with Gasteiger partial charge >= 0.3 is 6.03 Å². The third-order valence-corrected chi connectivity index (χ3v) is 4.34. The first-order chi connectivity index (χ1) is 12.0. The van der Waals surface area contributed by atoms with Crippen LogP contribution in [-0.2, 0) is 11.3 Å². The number of hydrogen-bond acceptors (Lipinski definition) is 3. The van der Waals surface area contributed by atoms with Gasteiger partial charge in [-0.2, -0.15) is 0 Å². The minimum Gasteiger partial charge on any atom is -0.350 e. The fourth-order valence-corrected chi connectivity index (χ4v) is 2.70. The van der Waals surface area contributed by atoms with E-state index in [0.717, 1.165) is 24.8 Å². The summed E-state index contributed by atoms with van der Waals surface area (Å²) in [6.07, 6.45) is 3.50. The predicted octanol–water partition coefficient (Wildman–Crippen LogP) is 1.65. The summed E-state index contributed by atoms with van der Waals surface area (Å²) >= 11 is 0. The van der Waals surface area contributed by atoms with Gasteiger partial charge in [-0.05, 0) is 42.9 Å². The Kier molecular flexibility index (Phi) is 7.18. The molecule has 1 saturated carbocycles. The van der Waals surface area contributed by atoms with Crippen molar-refractivity contribution in [3.05, 3.63) is 35.6 Å². The van der Waals surface area contributed by atoms with Crippen molar-refractivity contribution < 1.29 is 14.0 Å². The van der Waals surface area contributed by atoms with Crippen LogP contribution in [0.25, 0.3) is 0 Å². The molecule has 2 rings (SSSR count). The third kappa shape index (κ3) is 6.34. The van der Waals surface area contributed by atoms with Crippen molar-refractivity contribution in [1.82, 2.24) is 16.0 Å². The van der Waals surface area contributed by atoms with Crippen molar-refractivity contribution in [3.63, 3.8) is 0 Å². The van der Waals surface area contributed by atoms with Crippen molar-refractivity contribution in [2.45, 2.75) is 51.2 Å². The van der Waals surface area contributed by atoms with E-state index in [0.29, 0.717) is 18.9 Å². The number of hydrogen-bond donors (Lipinski definition) is 4. The maximum Gasteiger partial charge on any atom is 0.315 e. The van der Waals surface area contributed by atoms with E-state index in [9.17, 15) is 14.0 Å². The Morgan fingerprint density at radius 2 is 1.92 bits per heavy atom. The highest BCUT2D eigenvalue weighted by Crippen LogP contribution is 2.32. The average Bonchev–Trinajstić information content (AvgIpc) is 3.43. The summed E-state index contributed by atoms with van der Waals surface area (Å²) in [5.41, 5.74) is 6.50. The van der Waals surface area contributed by atoms with Crippen LogP contribution in [0.1, 0.15) is 38.2 Å². The summed E-state index contributed by atoms with van der Waals surface area (Å²) in [4.78, 5) is 24.5. The van der Waals surface area contributed by atoms with Crippen molar-refractivity contribution in [2.75, 3.05) is 6.54 Å². The number of urea groups is 1. The summed E-state index contributed by atoms with van der Waals surface area (Å²) in [5, 5.41) is 8.35. The lowest BCUT2D eigenvalue weighted by atomic mass is 10.1. The van der Waals surface area contributed by atoms with Gasteiger partial charge in [0, 0.05) is 19.1 Å². The van der Waals surface area contributed by atoms with Crippen LogP contribution in [0.3, 0.4) is 0 Å². The quantitative estimate of drug-likeness (QED) is 0.545. The number of carbonyl (C=O) groups is 2. The number of nitrogens with two attached hydrogens (primary N) is 1. The zero-order valence-electron chi connectivity index (χ0n) is 14.6. The molecular weight excluding hydrogens is 323 g/mol. The normalized spacial score (nSPS) is 16.0. The first-order valence-corrected chi connectivity index (χ1v) is 8.82. The standard InChI is InChI=1S/C18H27FN4O2/c1-2-3-15(17(24)22-16(10-20)13-6-7-13)23-18(25)21-11-12-4-8-14(19)9-5-12/h4-5,8-9,13,15-16H,2-3,6-7,10-11,20H2,1H3,(H,22,24)(H2,21,23,25). The lowest BCUT2D eigenvalue weighted by molar-refractivity contribution is -0.123. The Morgan fingerprint density at radius 3 is 2.48 bits per heavy atom. The molecule has 2 atom stereocenters. The molecule has 0 radical (unpaired) electrons. The van der Waals surface area contributed by atoms with Crippen LogP contribution >= 0.6 is 0 Å². The van der Waals surface area contributed by atoms with Gasteiger partial charge < -0.3 is 21.7 Å². The van der Waals surface area contributed by atoms with Crippen molar-refractivity contribution in [2.24, 2.45) is 11.7 Å². The van der Waals surface area contributed by atoms with Crippen molar-refractivity contribution in [1.29, 1.82) is 0 Å². The van der Waals surface area contributed by atoms with E-state index in [2.05, 4.69) is 16.0 Å². The molecule has 0 bridgehead atoms. The third-order valence-electron chi connectivity index (χ3n) is 4.34. The number of rotatable bonds is 9. The van der Waals surface area contributed by atoms with Crippen molar-refractivity contribution in [3.8, 4) is 0 Å². The maximum absolute atomic E-state index is 12.9. The zero-order valence-corrected chi connectivity index (χ0v) is 14.6. The Hall–Kier alpha value is -2.15. The fourth-order valence-electron chi connectivity index (χ4n) is 2.70. The summed E-state index contributed by atoms with van der Waals surface area (Å²) < 4.78 is 12.9. The number of amides is 3. The van der Waals surface area contributed by atoms with Crippen LogP contribution in [0, 0.1) is 11.7 Å². The van der Waals surface area contributed by atoms with Gasteiger partial charge in [-0.1, -0.05) is 25.5 Å². The first-order valence-electron chi connectivity index (χ1n) is 8.82. The summed E-state index contributed by atoms with van der Waals surface area (Å²) in [6, 6.07) is 4.86. The SMILES string of the molecule is CCCC(NC(=O)NCc1ccc(F)cc1)C(=O)NC(CN)C1CC1. The van der Waals surface area contributed by atoms with E-state index in [-0.39, 0.29) is 24.3 Å². The van der Waals surface area contributed by atoms with E-state index >= 15 is 0 Å². The maximum atomic E-state index is 12.9. The molecule has 138 valence electrons. The fraction of sp³-hybridized carbons (Fsp3) is 0.556. The van der Waals surface area contributed by atoms with Crippen LogP contribution < -0.4 is 21.7 Å². The molecule has 3 amide bonds. The minimum absolute atomic E-state index is 0.0177. The second-order valence-electron chi connectivity index (χ2n) is 6.48. The summed E-state index contributed by atoms with van der Waals surface area (Å²) in [7, 11) is 0. The predicted molar refractivity (Wildman–Crippen MR) is 94.2 cm³/mol. The molecule has 5 N–H and O–H groups in total. The second-order valence-corrected chi connectivity index (χ2v) is 6.48. The highest BCUT2D eigenvalue weighted by atomic mass is 19.1. The van der Waals surface area contributed by atoms with E-state index in [1.165, 1.54) is 12.1 Å². The molecule has 7 heteroatoms.